The highest BCUT2D eigenvalue weighted by atomic mass is 16.4. The molecule has 0 unspecified atom stereocenters. The average molecular weight is 499 g/mol. The maximum Gasteiger partial charge on any atom is 0.210 e. The summed E-state index contributed by atoms with van der Waals surface area (Å²) >= 11 is 0. The Morgan fingerprint density at radius 2 is 1.11 bits per heavy atom. The van der Waals surface area contributed by atoms with E-state index < -0.39 is 39.7 Å². The van der Waals surface area contributed by atoms with Gasteiger partial charge in [-0.1, -0.05) is 12.1 Å². The molecular weight excluding hydrogens is 460 g/mol. The monoisotopic (exact) mass is 498 g/mol. The summed E-state index contributed by atoms with van der Waals surface area (Å²) in [4.78, 5) is 52.0. The first-order valence-corrected chi connectivity index (χ1v) is 12.5. The van der Waals surface area contributed by atoms with Crippen molar-refractivity contribution in [3.05, 3.63) is 34.4 Å². The first kappa shape index (κ1) is 27.7. The van der Waals surface area contributed by atoms with Crippen LogP contribution in [0.3, 0.4) is 0 Å². The maximum atomic E-state index is 12.5. The summed E-state index contributed by atoms with van der Waals surface area (Å²) < 4.78 is 0. The van der Waals surface area contributed by atoms with E-state index in [0.717, 1.165) is 18.4 Å². The molecule has 198 valence electrons. The molecule has 2 heterocycles. The van der Waals surface area contributed by atoms with Gasteiger partial charge in [-0.25, -0.2) is 0 Å². The van der Waals surface area contributed by atoms with Crippen molar-refractivity contribution in [2.75, 3.05) is 0 Å². The zero-order valence-corrected chi connectivity index (χ0v) is 22.6. The number of rotatable bonds is 6. The Kier molecular flexibility index (Phi) is 6.84. The van der Waals surface area contributed by atoms with Gasteiger partial charge in [-0.2, -0.15) is 0 Å². The van der Waals surface area contributed by atoms with Crippen molar-refractivity contribution in [1.29, 1.82) is 0 Å². The zero-order valence-electron chi connectivity index (χ0n) is 22.6. The molecule has 1 aromatic carbocycles. The van der Waals surface area contributed by atoms with Gasteiger partial charge < -0.3 is 29.6 Å². The number of piperidine rings is 2. The van der Waals surface area contributed by atoms with Gasteiger partial charge >= 0.3 is 0 Å². The first-order valence-electron chi connectivity index (χ1n) is 12.5. The van der Waals surface area contributed by atoms with E-state index in [4.69, 9.17) is 0 Å². The van der Waals surface area contributed by atoms with Crippen LogP contribution in [0.2, 0.25) is 0 Å². The Morgan fingerprint density at radius 1 is 0.722 bits per heavy atom. The van der Waals surface area contributed by atoms with Crippen molar-refractivity contribution in [3.63, 3.8) is 0 Å². The highest BCUT2D eigenvalue weighted by molar-refractivity contribution is 6.01. The lowest BCUT2D eigenvalue weighted by Gasteiger charge is -2.56. The van der Waals surface area contributed by atoms with E-state index in [1.807, 2.05) is 55.4 Å². The normalized spacial score (nSPS) is 23.2. The Hall–Kier alpha value is -2.90. The highest BCUT2D eigenvalue weighted by Gasteiger charge is 2.49. The molecule has 36 heavy (non-hydrogen) atoms. The lowest BCUT2D eigenvalue weighted by Crippen LogP contribution is -2.60. The number of benzene rings is 1. The van der Waals surface area contributed by atoms with Crippen molar-refractivity contribution in [2.24, 2.45) is 0 Å². The smallest absolute Gasteiger partial charge is 0.210 e. The van der Waals surface area contributed by atoms with Gasteiger partial charge in [0.15, 0.2) is 0 Å². The van der Waals surface area contributed by atoms with Crippen molar-refractivity contribution in [2.45, 2.75) is 115 Å². The number of carboxylic acid groups (broad SMARTS) is 2. The second kappa shape index (κ2) is 8.89. The molecule has 1 aromatic rings. The van der Waals surface area contributed by atoms with E-state index >= 15 is 0 Å². The van der Waals surface area contributed by atoms with Crippen LogP contribution in [-0.4, -0.2) is 56.7 Å². The molecule has 0 saturated carbocycles. The third-order valence-electron chi connectivity index (χ3n) is 8.35. The minimum absolute atomic E-state index is 0.120. The molecule has 2 fully saturated rings. The Balaban J connectivity index is 2.29. The van der Waals surface area contributed by atoms with Crippen LogP contribution in [0.1, 0.15) is 125 Å². The molecule has 0 radical (unpaired) electrons. The van der Waals surface area contributed by atoms with Crippen molar-refractivity contribution in [1.82, 2.24) is 9.80 Å². The first-order chi connectivity index (χ1) is 16.4. The molecule has 0 atom stereocenters. The van der Waals surface area contributed by atoms with E-state index in [2.05, 4.69) is 0 Å². The number of hydrogen-bond donors (Lipinski definition) is 0. The molecule has 2 amide bonds. The fourth-order valence-electron chi connectivity index (χ4n) is 7.40. The van der Waals surface area contributed by atoms with Crippen LogP contribution in [0.5, 0.6) is 0 Å². The van der Waals surface area contributed by atoms with Crippen LogP contribution >= 0.6 is 0 Å². The number of hydrogen-bond acceptors (Lipinski definition) is 6. The van der Waals surface area contributed by atoms with Crippen molar-refractivity contribution in [3.8, 4) is 0 Å². The number of carbonyl (C=O) groups excluding carboxylic acids is 4. The third kappa shape index (κ3) is 4.62. The molecule has 2 aliphatic heterocycles. The predicted molar refractivity (Wildman–Crippen MR) is 131 cm³/mol. The van der Waals surface area contributed by atoms with Gasteiger partial charge in [-0.15, -0.1) is 0 Å². The molecule has 0 N–H and O–H groups in total. The molecule has 0 aromatic heterocycles. The number of carboxylic acids is 2. The number of nitrogens with zero attached hydrogens (tertiary/aromatic N) is 2. The van der Waals surface area contributed by atoms with Gasteiger partial charge in [-0.05, 0) is 104 Å². The van der Waals surface area contributed by atoms with Gasteiger partial charge in [0.1, 0.15) is 0 Å². The largest absolute Gasteiger partial charge is 0.545 e. The Bertz CT molecular complexity index is 1050. The topological polar surface area (TPSA) is 121 Å². The SMILES string of the molecule is CC1(C)CC(c2ccc(C(=O)[O-])c(C(=O)[O-])c2C2CC(C)(C)N(C=O)C(C)(C)C2)CC(C)(C)N1C=O. The number of likely N-dealkylation sites (tertiary alicyclic amines) is 2. The lowest BCUT2D eigenvalue weighted by molar-refractivity contribution is -0.259. The fourth-order valence-corrected chi connectivity index (χ4v) is 7.40. The molecular formula is C28H38N2O6-2. The summed E-state index contributed by atoms with van der Waals surface area (Å²) in [5.41, 5.74) is -1.69. The minimum Gasteiger partial charge on any atom is -0.545 e. The lowest BCUT2D eigenvalue weighted by atomic mass is 9.65. The summed E-state index contributed by atoms with van der Waals surface area (Å²) in [5, 5.41) is 24.5. The zero-order chi connectivity index (χ0) is 27.4. The van der Waals surface area contributed by atoms with E-state index in [-0.39, 0.29) is 17.4 Å². The van der Waals surface area contributed by atoms with E-state index in [9.17, 15) is 29.4 Å². The second-order valence-electron chi connectivity index (χ2n) is 13.0. The van der Waals surface area contributed by atoms with Gasteiger partial charge in [0.25, 0.3) is 0 Å². The maximum absolute atomic E-state index is 12.5. The number of carbonyl (C=O) groups is 4. The standard InChI is InChI=1S/C28H40N2O6/c1-25(2)11-17(12-26(3,4)29(25)15-31)19-9-10-20(23(33)34)22(24(35)36)21(19)18-13-27(5,6)30(16-32)28(7,8)14-18/h9-10,15-18H,11-14H2,1-8H3,(H,33,34)(H,35,36)/p-2. The molecule has 0 aliphatic carbocycles. The van der Waals surface area contributed by atoms with Gasteiger partial charge in [0.2, 0.25) is 12.8 Å². The molecule has 2 aliphatic rings. The van der Waals surface area contributed by atoms with Gasteiger partial charge in [0.05, 0.1) is 11.9 Å². The van der Waals surface area contributed by atoms with E-state index in [0.29, 0.717) is 31.2 Å². The van der Waals surface area contributed by atoms with Gasteiger partial charge in [-0.3, -0.25) is 9.59 Å². The van der Waals surface area contributed by atoms with E-state index in [1.165, 1.54) is 6.07 Å². The molecule has 8 heteroatoms. The predicted octanol–water partition coefficient (Wildman–Crippen LogP) is 2.20. The second-order valence-corrected chi connectivity index (χ2v) is 13.0. The van der Waals surface area contributed by atoms with Crippen LogP contribution in [0.4, 0.5) is 0 Å². The third-order valence-corrected chi connectivity index (χ3v) is 8.35. The molecule has 0 spiro atoms. The van der Waals surface area contributed by atoms with Crippen LogP contribution in [-0.2, 0) is 9.59 Å². The summed E-state index contributed by atoms with van der Waals surface area (Å²) in [6.07, 6.45) is 3.77. The minimum atomic E-state index is -1.57. The number of aromatic carboxylic acids is 2. The molecule has 8 nitrogen and oxygen atoms in total. The van der Waals surface area contributed by atoms with E-state index in [1.54, 1.807) is 15.9 Å². The Morgan fingerprint density at radius 3 is 1.44 bits per heavy atom. The highest BCUT2D eigenvalue weighted by Crippen LogP contribution is 2.51. The molecule has 3 rings (SSSR count). The molecule has 2 saturated heterocycles. The number of amides is 2. The van der Waals surface area contributed by atoms with Crippen LogP contribution < -0.4 is 10.2 Å². The van der Waals surface area contributed by atoms with Crippen LogP contribution in [0.25, 0.3) is 0 Å². The van der Waals surface area contributed by atoms with Crippen LogP contribution in [0, 0.1) is 0 Å². The summed E-state index contributed by atoms with van der Waals surface area (Å²) in [6.45, 7) is 15.7. The van der Waals surface area contributed by atoms with Crippen molar-refractivity contribution < 1.29 is 29.4 Å². The quantitative estimate of drug-likeness (QED) is 0.555. The summed E-state index contributed by atoms with van der Waals surface area (Å²) in [5.74, 6) is -3.57. The van der Waals surface area contributed by atoms with Crippen LogP contribution in [0.15, 0.2) is 12.1 Å². The average Bonchev–Trinajstić information content (AvgIpc) is 2.69. The van der Waals surface area contributed by atoms with Crippen molar-refractivity contribution >= 4 is 24.8 Å². The fraction of sp³-hybridized carbons (Fsp3) is 0.643. The Labute approximate surface area is 213 Å². The molecule has 0 bridgehead atoms. The summed E-state index contributed by atoms with van der Waals surface area (Å²) in [7, 11) is 0. The van der Waals surface area contributed by atoms with Gasteiger partial charge in [0, 0.05) is 33.3 Å². The summed E-state index contributed by atoms with van der Waals surface area (Å²) in [6, 6.07) is 3.02.